The van der Waals surface area contributed by atoms with Gasteiger partial charge in [-0.15, -0.1) is 0 Å². The highest BCUT2D eigenvalue weighted by molar-refractivity contribution is 7.47. The van der Waals surface area contributed by atoms with E-state index in [4.69, 9.17) is 23.8 Å². The van der Waals surface area contributed by atoms with Gasteiger partial charge in [0.25, 0.3) is 0 Å². The van der Waals surface area contributed by atoms with Crippen LogP contribution in [0.25, 0.3) is 0 Å². The van der Waals surface area contributed by atoms with E-state index in [9.17, 15) is 33.8 Å². The molecule has 0 aromatic heterocycles. The van der Waals surface area contributed by atoms with Crippen LogP contribution in [0.4, 0.5) is 0 Å². The number of allylic oxidation sites excluding steroid dienone is 5. The molecule has 0 aromatic rings. The van der Waals surface area contributed by atoms with Crippen molar-refractivity contribution < 1.29 is 66.7 Å². The van der Waals surface area contributed by atoms with Crippen molar-refractivity contribution in [1.29, 1.82) is 0 Å². The van der Waals surface area contributed by atoms with Crippen LogP contribution >= 0.6 is 15.6 Å². The molecule has 0 aliphatic heterocycles. The summed E-state index contributed by atoms with van der Waals surface area (Å²) in [6.07, 6.45) is 24.8. The molecule has 0 saturated heterocycles. The SMILES string of the molecule is CC/C=C/C/C=C/C=C/C(O)CCCCCCCC(=O)OC[C@H](COP(=O)(O)OC[C@@H](O)COP(=O)(O)O)OC(=O)CCCCCCCCCCC(C)C. The molecule has 0 heterocycles. The minimum Gasteiger partial charge on any atom is -0.462 e. The summed E-state index contributed by atoms with van der Waals surface area (Å²) in [7, 11) is -9.69. The van der Waals surface area contributed by atoms with Gasteiger partial charge < -0.3 is 34.4 Å². The van der Waals surface area contributed by atoms with Gasteiger partial charge in [0, 0.05) is 12.8 Å². The van der Waals surface area contributed by atoms with Crippen molar-refractivity contribution >= 4 is 27.6 Å². The zero-order chi connectivity index (χ0) is 40.5. The Bertz CT molecular complexity index is 1140. The highest BCUT2D eigenvalue weighted by atomic mass is 31.2. The van der Waals surface area contributed by atoms with Gasteiger partial charge in [0.15, 0.2) is 6.10 Å². The first kappa shape index (κ1) is 52.3. The average Bonchev–Trinajstić information content (AvgIpc) is 3.10. The minimum absolute atomic E-state index is 0.110. The average molecular weight is 813 g/mol. The summed E-state index contributed by atoms with van der Waals surface area (Å²) in [5, 5.41) is 19.8. The maximum absolute atomic E-state index is 12.6. The van der Waals surface area contributed by atoms with Crippen LogP contribution in [0.2, 0.25) is 0 Å². The number of hydrogen-bond donors (Lipinski definition) is 5. The van der Waals surface area contributed by atoms with Gasteiger partial charge in [-0.3, -0.25) is 23.2 Å². The van der Waals surface area contributed by atoms with Crippen molar-refractivity contribution in [2.75, 3.05) is 26.4 Å². The number of esters is 2. The molecule has 0 rings (SSSR count). The fraction of sp³-hybridized carbons (Fsp3) is 0.789. The Balaban J connectivity index is 4.64. The zero-order valence-corrected chi connectivity index (χ0v) is 34.6. The number of phosphoric ester groups is 2. The third kappa shape index (κ3) is 37.2. The maximum Gasteiger partial charge on any atom is 0.472 e. The standard InChI is InChI=1S/C38H70O14P2/c1-4-5-6-7-10-15-20-25-34(39)26-21-16-13-18-22-27-37(41)48-31-36(32-51-54(46,47)50-30-35(40)29-49-53(43,44)45)52-38(42)28-23-17-12-9-8-11-14-19-24-33(2)3/h5-6,10,15,20,25,33-36,39-40H,4,7-9,11-14,16-19,21-24,26-32H2,1-3H3,(H,46,47)(H2,43,44,45)/b6-5+,15-10+,25-20+/t34?,35-,36+/m0/s1. The molecule has 0 spiro atoms. The molecule has 0 saturated carbocycles. The Morgan fingerprint density at radius 2 is 1.17 bits per heavy atom. The lowest BCUT2D eigenvalue weighted by atomic mass is 10.0. The number of carbonyl (C=O) groups excluding carboxylic acids is 2. The van der Waals surface area contributed by atoms with Crippen LogP contribution in [0, 0.1) is 5.92 Å². The van der Waals surface area contributed by atoms with Gasteiger partial charge in [-0.1, -0.05) is 134 Å². The molecular formula is C38H70O14P2. The molecule has 2 unspecified atom stereocenters. The highest BCUT2D eigenvalue weighted by Gasteiger charge is 2.28. The first-order valence-electron chi connectivity index (χ1n) is 19.6. The van der Waals surface area contributed by atoms with Crippen LogP contribution in [0.1, 0.15) is 143 Å². The van der Waals surface area contributed by atoms with Crippen LogP contribution in [-0.4, -0.2) is 81.6 Å². The van der Waals surface area contributed by atoms with Gasteiger partial charge >= 0.3 is 27.6 Å². The third-order valence-corrected chi connectivity index (χ3v) is 9.50. The molecule has 5 N–H and O–H groups in total. The van der Waals surface area contributed by atoms with E-state index in [0.29, 0.717) is 19.3 Å². The zero-order valence-electron chi connectivity index (χ0n) is 32.8. The van der Waals surface area contributed by atoms with Crippen LogP contribution in [-0.2, 0) is 41.8 Å². The van der Waals surface area contributed by atoms with Gasteiger partial charge in [-0.25, -0.2) is 9.13 Å². The Hall–Kier alpha value is -1.70. The van der Waals surface area contributed by atoms with E-state index in [1.807, 2.05) is 18.2 Å². The second kappa shape index (κ2) is 33.4. The van der Waals surface area contributed by atoms with E-state index in [-0.39, 0.29) is 12.8 Å². The van der Waals surface area contributed by atoms with E-state index < -0.39 is 72.3 Å². The highest BCUT2D eigenvalue weighted by Crippen LogP contribution is 2.43. The van der Waals surface area contributed by atoms with E-state index >= 15 is 0 Å². The molecule has 0 aliphatic carbocycles. The smallest absolute Gasteiger partial charge is 0.462 e. The van der Waals surface area contributed by atoms with Crippen LogP contribution in [0.5, 0.6) is 0 Å². The van der Waals surface area contributed by atoms with Crippen molar-refractivity contribution in [1.82, 2.24) is 0 Å². The van der Waals surface area contributed by atoms with E-state index in [1.54, 1.807) is 6.08 Å². The number of phosphoric acid groups is 2. The maximum atomic E-state index is 12.6. The number of hydrogen-bond acceptors (Lipinski definition) is 11. The van der Waals surface area contributed by atoms with E-state index in [0.717, 1.165) is 70.1 Å². The normalized spacial score (nSPS) is 15.3. The fourth-order valence-corrected chi connectivity index (χ4v) is 6.22. The van der Waals surface area contributed by atoms with Gasteiger partial charge in [-0.2, -0.15) is 0 Å². The van der Waals surface area contributed by atoms with Crippen molar-refractivity contribution in [3.05, 3.63) is 36.5 Å². The van der Waals surface area contributed by atoms with Crippen molar-refractivity contribution in [3.8, 4) is 0 Å². The fourth-order valence-electron chi connectivity index (χ4n) is 5.07. The molecule has 0 aliphatic rings. The molecular weight excluding hydrogens is 742 g/mol. The third-order valence-electron chi connectivity index (χ3n) is 8.07. The van der Waals surface area contributed by atoms with Crippen molar-refractivity contribution in [3.63, 3.8) is 0 Å². The molecule has 0 aromatic carbocycles. The van der Waals surface area contributed by atoms with Crippen LogP contribution in [0.15, 0.2) is 36.5 Å². The molecule has 0 fully saturated rings. The summed E-state index contributed by atoms with van der Waals surface area (Å²) < 4.78 is 47.5. The summed E-state index contributed by atoms with van der Waals surface area (Å²) in [6, 6.07) is 0. The van der Waals surface area contributed by atoms with Crippen molar-refractivity contribution in [2.45, 2.75) is 161 Å². The molecule has 14 nitrogen and oxygen atoms in total. The summed E-state index contributed by atoms with van der Waals surface area (Å²) in [5.41, 5.74) is 0. The quantitative estimate of drug-likeness (QED) is 0.0133. The number of aliphatic hydroxyl groups excluding tert-OH is 2. The monoisotopic (exact) mass is 812 g/mol. The Morgan fingerprint density at radius 3 is 1.76 bits per heavy atom. The lowest BCUT2D eigenvalue weighted by molar-refractivity contribution is -0.161. The molecule has 4 atom stereocenters. The predicted octanol–water partition coefficient (Wildman–Crippen LogP) is 8.16. The number of ether oxygens (including phenoxy) is 2. The number of unbranched alkanes of at least 4 members (excludes halogenated alkanes) is 11. The molecule has 16 heteroatoms. The first-order valence-corrected chi connectivity index (χ1v) is 22.7. The lowest BCUT2D eigenvalue weighted by Crippen LogP contribution is -2.30. The summed E-state index contributed by atoms with van der Waals surface area (Å²) >= 11 is 0. The topological polar surface area (TPSA) is 216 Å². The van der Waals surface area contributed by atoms with Crippen LogP contribution < -0.4 is 0 Å². The minimum atomic E-state index is -4.87. The first-order chi connectivity index (χ1) is 25.6. The summed E-state index contributed by atoms with van der Waals surface area (Å²) in [5.74, 6) is -0.383. The second-order valence-corrected chi connectivity index (χ2v) is 16.6. The van der Waals surface area contributed by atoms with Gasteiger partial charge in [-0.05, 0) is 38.0 Å². The number of aliphatic hydroxyl groups is 2. The summed E-state index contributed by atoms with van der Waals surface area (Å²) in [6.45, 7) is 3.75. The summed E-state index contributed by atoms with van der Waals surface area (Å²) in [4.78, 5) is 52.5. The Kier molecular flexibility index (Phi) is 32.4. The largest absolute Gasteiger partial charge is 0.472 e. The number of rotatable bonds is 36. The van der Waals surface area contributed by atoms with E-state index in [2.05, 4.69) is 42.0 Å². The molecule has 316 valence electrons. The molecule has 0 amide bonds. The van der Waals surface area contributed by atoms with Gasteiger partial charge in [0.05, 0.1) is 25.9 Å². The van der Waals surface area contributed by atoms with Crippen molar-refractivity contribution in [2.24, 2.45) is 5.92 Å². The molecule has 0 bridgehead atoms. The predicted molar refractivity (Wildman–Crippen MR) is 208 cm³/mol. The van der Waals surface area contributed by atoms with E-state index in [1.165, 1.54) is 25.7 Å². The Morgan fingerprint density at radius 1 is 0.630 bits per heavy atom. The van der Waals surface area contributed by atoms with Gasteiger partial charge in [0.1, 0.15) is 12.7 Å². The van der Waals surface area contributed by atoms with Gasteiger partial charge in [0.2, 0.25) is 0 Å². The molecule has 0 radical (unpaired) electrons. The number of carbonyl (C=O) groups is 2. The molecule has 54 heavy (non-hydrogen) atoms. The lowest BCUT2D eigenvalue weighted by Gasteiger charge is -2.20. The van der Waals surface area contributed by atoms with Crippen LogP contribution in [0.3, 0.4) is 0 Å². The second-order valence-electron chi connectivity index (χ2n) is 13.9. The Labute approximate surface area is 323 Å².